The molecule has 0 atom stereocenters. The second-order valence-corrected chi connectivity index (χ2v) is 2.17. The summed E-state index contributed by atoms with van der Waals surface area (Å²) in [4.78, 5) is 0. The van der Waals surface area contributed by atoms with Gasteiger partial charge in [0.1, 0.15) is 0 Å². The highest BCUT2D eigenvalue weighted by Crippen LogP contribution is 2.26. The van der Waals surface area contributed by atoms with Crippen molar-refractivity contribution in [2.75, 3.05) is 0 Å². The van der Waals surface area contributed by atoms with Crippen LogP contribution in [0.25, 0.3) is 0 Å². The van der Waals surface area contributed by atoms with Gasteiger partial charge in [-0.1, -0.05) is 0 Å². The summed E-state index contributed by atoms with van der Waals surface area (Å²) in [5.41, 5.74) is 4.20. The van der Waals surface area contributed by atoms with Gasteiger partial charge in [0.2, 0.25) is 0 Å². The van der Waals surface area contributed by atoms with Crippen molar-refractivity contribution in [3.8, 4) is 0 Å². The van der Waals surface area contributed by atoms with Gasteiger partial charge in [-0.2, -0.15) is 13.2 Å². The van der Waals surface area contributed by atoms with Gasteiger partial charge in [-0.05, 0) is 19.1 Å². The van der Waals surface area contributed by atoms with Crippen LogP contribution < -0.4 is 5.73 Å². The van der Waals surface area contributed by atoms with E-state index in [0.717, 1.165) is 6.08 Å². The summed E-state index contributed by atoms with van der Waals surface area (Å²) in [6.07, 6.45) is -2.44. The van der Waals surface area contributed by atoms with Crippen LogP contribution in [0, 0.1) is 5.41 Å². The molecule has 2 nitrogen and oxygen atoms in total. The lowest BCUT2D eigenvalue weighted by atomic mass is 10.2. The molecule has 0 rings (SSSR count). The lowest BCUT2D eigenvalue weighted by Gasteiger charge is -2.06. The van der Waals surface area contributed by atoms with E-state index in [1.807, 2.05) is 0 Å². The molecule has 0 fully saturated rings. The first kappa shape index (κ1) is 10.7. The molecule has 0 aromatic rings. The highest BCUT2D eigenvalue weighted by atomic mass is 19.4. The SMILES string of the molecule is C/C(N)=C\C(=C/C=N)C(F)(F)F. The van der Waals surface area contributed by atoms with Crippen LogP contribution in [-0.4, -0.2) is 12.4 Å². The second-order valence-electron chi connectivity index (χ2n) is 2.17. The average Bonchev–Trinajstić information content (AvgIpc) is 1.83. The standard InChI is InChI=1S/C7H9F3N2/c1-5(12)4-6(2-3-11)7(8,9)10/h2-4,11H,12H2,1H3/b5-4+,6-2+,11-3?. The average molecular weight is 178 g/mol. The largest absolute Gasteiger partial charge is 0.416 e. The molecule has 0 aliphatic heterocycles. The van der Waals surface area contributed by atoms with Gasteiger partial charge in [-0.25, -0.2) is 0 Å². The molecule has 0 heterocycles. The summed E-state index contributed by atoms with van der Waals surface area (Å²) in [6, 6.07) is 0. The van der Waals surface area contributed by atoms with Gasteiger partial charge in [-0.3, -0.25) is 0 Å². The number of hydrogen-bond donors (Lipinski definition) is 2. The van der Waals surface area contributed by atoms with E-state index in [0.29, 0.717) is 12.3 Å². The van der Waals surface area contributed by atoms with E-state index in [1.165, 1.54) is 6.92 Å². The van der Waals surface area contributed by atoms with Gasteiger partial charge in [0.25, 0.3) is 0 Å². The number of alkyl halides is 3. The predicted molar refractivity (Wildman–Crippen MR) is 40.9 cm³/mol. The normalized spacial score (nSPS) is 14.7. The Balaban J connectivity index is 4.82. The van der Waals surface area contributed by atoms with Gasteiger partial charge in [0.15, 0.2) is 0 Å². The van der Waals surface area contributed by atoms with Crippen LogP contribution in [0.15, 0.2) is 23.4 Å². The van der Waals surface area contributed by atoms with Crippen molar-refractivity contribution >= 4 is 6.21 Å². The topological polar surface area (TPSA) is 49.9 Å². The summed E-state index contributed by atoms with van der Waals surface area (Å²) >= 11 is 0. The van der Waals surface area contributed by atoms with Crippen LogP contribution in [-0.2, 0) is 0 Å². The molecule has 0 radical (unpaired) electrons. The van der Waals surface area contributed by atoms with Crippen molar-refractivity contribution in [1.82, 2.24) is 0 Å². The maximum Gasteiger partial charge on any atom is 0.416 e. The van der Waals surface area contributed by atoms with E-state index in [9.17, 15) is 13.2 Å². The van der Waals surface area contributed by atoms with E-state index in [-0.39, 0.29) is 5.70 Å². The lowest BCUT2D eigenvalue weighted by Crippen LogP contribution is -2.11. The Labute approximate surface area is 68.1 Å². The maximum absolute atomic E-state index is 12.0. The molecule has 0 spiro atoms. The molecular weight excluding hydrogens is 169 g/mol. The summed E-state index contributed by atoms with van der Waals surface area (Å²) in [7, 11) is 0. The van der Waals surface area contributed by atoms with Crippen molar-refractivity contribution in [2.24, 2.45) is 5.73 Å². The minimum absolute atomic E-state index is 0.0559. The van der Waals surface area contributed by atoms with Crippen molar-refractivity contribution in [1.29, 1.82) is 5.41 Å². The molecule has 0 aromatic heterocycles. The second kappa shape index (κ2) is 3.94. The van der Waals surface area contributed by atoms with E-state index < -0.39 is 11.7 Å². The van der Waals surface area contributed by atoms with Crippen molar-refractivity contribution in [3.63, 3.8) is 0 Å². The number of rotatable bonds is 2. The molecule has 0 saturated carbocycles. The molecule has 5 heteroatoms. The third kappa shape index (κ3) is 3.80. The Morgan fingerprint density at radius 1 is 1.42 bits per heavy atom. The van der Waals surface area contributed by atoms with Crippen LogP contribution >= 0.6 is 0 Å². The molecule has 68 valence electrons. The van der Waals surface area contributed by atoms with Gasteiger partial charge >= 0.3 is 6.18 Å². The number of halogens is 3. The highest BCUT2D eigenvalue weighted by molar-refractivity contribution is 5.70. The van der Waals surface area contributed by atoms with Gasteiger partial charge in [0, 0.05) is 11.9 Å². The highest BCUT2D eigenvalue weighted by Gasteiger charge is 2.31. The zero-order chi connectivity index (χ0) is 9.78. The first-order valence-electron chi connectivity index (χ1n) is 3.09. The predicted octanol–water partition coefficient (Wildman–Crippen LogP) is 1.99. The molecule has 0 bridgehead atoms. The number of nitrogens with two attached hydrogens (primary N) is 1. The Hall–Kier alpha value is -1.26. The number of hydrogen-bond acceptors (Lipinski definition) is 2. The van der Waals surface area contributed by atoms with Crippen LogP contribution in [0.3, 0.4) is 0 Å². The summed E-state index contributed by atoms with van der Waals surface area (Å²) < 4.78 is 36.0. The Morgan fingerprint density at radius 3 is 2.17 bits per heavy atom. The minimum atomic E-state index is -4.45. The van der Waals surface area contributed by atoms with E-state index in [4.69, 9.17) is 11.1 Å². The molecule has 0 aliphatic rings. The smallest absolute Gasteiger partial charge is 0.402 e. The van der Waals surface area contributed by atoms with Crippen LogP contribution in [0.4, 0.5) is 13.2 Å². The van der Waals surface area contributed by atoms with Gasteiger partial charge < -0.3 is 11.1 Å². The number of nitrogens with one attached hydrogen (secondary N) is 1. The minimum Gasteiger partial charge on any atom is -0.402 e. The Bertz CT molecular complexity index is 221. The maximum atomic E-state index is 12.0. The van der Waals surface area contributed by atoms with Crippen molar-refractivity contribution < 1.29 is 13.2 Å². The third-order valence-electron chi connectivity index (χ3n) is 0.973. The molecule has 0 amide bonds. The summed E-state index contributed by atoms with van der Waals surface area (Å²) in [6.45, 7) is 1.35. The molecule has 0 aromatic carbocycles. The van der Waals surface area contributed by atoms with Crippen molar-refractivity contribution in [3.05, 3.63) is 23.4 Å². The first-order valence-corrected chi connectivity index (χ1v) is 3.09. The molecule has 12 heavy (non-hydrogen) atoms. The molecule has 3 N–H and O–H groups in total. The van der Waals surface area contributed by atoms with E-state index in [1.54, 1.807) is 0 Å². The zero-order valence-electron chi connectivity index (χ0n) is 6.44. The molecule has 0 saturated heterocycles. The van der Waals surface area contributed by atoms with Crippen molar-refractivity contribution in [2.45, 2.75) is 13.1 Å². The van der Waals surface area contributed by atoms with E-state index in [2.05, 4.69) is 0 Å². The van der Waals surface area contributed by atoms with Crippen LogP contribution in [0.1, 0.15) is 6.92 Å². The summed E-state index contributed by atoms with van der Waals surface area (Å²) in [5.74, 6) is 0. The molecule has 0 unspecified atom stereocenters. The fraction of sp³-hybridized carbons (Fsp3) is 0.286. The van der Waals surface area contributed by atoms with Gasteiger partial charge in [-0.15, -0.1) is 0 Å². The fourth-order valence-corrected chi connectivity index (χ4v) is 0.559. The molecule has 0 aliphatic carbocycles. The third-order valence-corrected chi connectivity index (χ3v) is 0.973. The molecular formula is C7H9F3N2. The number of allylic oxidation sites excluding steroid dienone is 4. The monoisotopic (exact) mass is 178 g/mol. The van der Waals surface area contributed by atoms with E-state index >= 15 is 0 Å². The summed E-state index contributed by atoms with van der Waals surface area (Å²) in [5, 5.41) is 6.49. The first-order chi connectivity index (χ1) is 5.38. The quantitative estimate of drug-likeness (QED) is 0.493. The Morgan fingerprint density at radius 2 is 1.92 bits per heavy atom. The van der Waals surface area contributed by atoms with Gasteiger partial charge in [0.05, 0.1) is 5.57 Å². The van der Waals surface area contributed by atoms with Crippen LogP contribution in [0.2, 0.25) is 0 Å². The Kier molecular flexibility index (Phi) is 3.53. The van der Waals surface area contributed by atoms with Crippen LogP contribution in [0.5, 0.6) is 0 Å². The zero-order valence-corrected chi connectivity index (χ0v) is 6.44. The lowest BCUT2D eigenvalue weighted by molar-refractivity contribution is -0.0881. The fourth-order valence-electron chi connectivity index (χ4n) is 0.559.